The van der Waals surface area contributed by atoms with Gasteiger partial charge in [0.2, 0.25) is 5.91 Å². The van der Waals surface area contributed by atoms with Crippen LogP contribution in [0.1, 0.15) is 27.7 Å². The van der Waals surface area contributed by atoms with Gasteiger partial charge in [-0.1, -0.05) is 27.7 Å². The van der Waals surface area contributed by atoms with Crippen molar-refractivity contribution in [1.29, 1.82) is 0 Å². The molecule has 0 saturated carbocycles. The summed E-state index contributed by atoms with van der Waals surface area (Å²) in [5.74, 6) is -1.84. The molecule has 0 aliphatic rings. The van der Waals surface area contributed by atoms with Crippen LogP contribution >= 0.6 is 0 Å². The summed E-state index contributed by atoms with van der Waals surface area (Å²) >= 11 is 0. The molecule has 3 amide bonds. The predicted octanol–water partition coefficient (Wildman–Crippen LogP) is 0.249. The van der Waals surface area contributed by atoms with Gasteiger partial charge in [-0.3, -0.25) is 4.79 Å². The van der Waals surface area contributed by atoms with Crippen molar-refractivity contribution in [2.45, 2.75) is 33.7 Å². The lowest BCUT2D eigenvalue weighted by atomic mass is 10.1. The van der Waals surface area contributed by atoms with Crippen molar-refractivity contribution in [3.63, 3.8) is 0 Å². The van der Waals surface area contributed by atoms with Crippen LogP contribution in [0.4, 0.5) is 4.79 Å². The van der Waals surface area contributed by atoms with Gasteiger partial charge in [-0.15, -0.1) is 0 Å². The van der Waals surface area contributed by atoms with Crippen molar-refractivity contribution < 1.29 is 19.5 Å². The molecule has 0 radical (unpaired) electrons. The minimum atomic E-state index is -1.10. The molecule has 0 spiro atoms. The molecule has 110 valence electrons. The van der Waals surface area contributed by atoms with Crippen LogP contribution < -0.4 is 11.1 Å². The van der Waals surface area contributed by atoms with Crippen LogP contribution in [0.25, 0.3) is 0 Å². The molecule has 0 rings (SSSR count). The Bertz CT molecular complexity index is 342. The molecule has 0 aromatic heterocycles. The van der Waals surface area contributed by atoms with Crippen LogP contribution in [0.3, 0.4) is 0 Å². The third kappa shape index (κ3) is 6.64. The highest BCUT2D eigenvalue weighted by atomic mass is 16.4. The summed E-state index contributed by atoms with van der Waals surface area (Å²) in [5, 5.41) is 11.4. The van der Waals surface area contributed by atoms with Gasteiger partial charge in [0.05, 0.1) is 0 Å². The van der Waals surface area contributed by atoms with Crippen LogP contribution in [0.5, 0.6) is 0 Å². The lowest BCUT2D eigenvalue weighted by Crippen LogP contribution is -2.52. The molecule has 7 nitrogen and oxygen atoms in total. The number of nitrogens with zero attached hydrogens (tertiary/aromatic N) is 1. The molecule has 19 heavy (non-hydrogen) atoms. The van der Waals surface area contributed by atoms with Crippen molar-refractivity contribution in [3.8, 4) is 0 Å². The van der Waals surface area contributed by atoms with Crippen molar-refractivity contribution in [1.82, 2.24) is 10.2 Å². The second-order valence-corrected chi connectivity index (χ2v) is 5.25. The second kappa shape index (κ2) is 7.60. The number of carbonyl (C=O) groups excluding carboxylic acids is 2. The molecule has 4 N–H and O–H groups in total. The maximum Gasteiger partial charge on any atom is 0.326 e. The maximum absolute atomic E-state index is 12.0. The third-order valence-corrected chi connectivity index (χ3v) is 2.43. The summed E-state index contributed by atoms with van der Waals surface area (Å²) in [6, 6.07) is -1.58. The van der Waals surface area contributed by atoms with Gasteiger partial charge in [0.15, 0.2) is 0 Å². The largest absolute Gasteiger partial charge is 0.480 e. The first-order valence-corrected chi connectivity index (χ1v) is 6.21. The smallest absolute Gasteiger partial charge is 0.326 e. The molecule has 0 aromatic carbocycles. The lowest BCUT2D eigenvalue weighted by Gasteiger charge is -2.26. The Morgan fingerprint density at radius 2 is 1.74 bits per heavy atom. The van der Waals surface area contributed by atoms with Crippen LogP contribution in [-0.2, 0) is 9.59 Å². The van der Waals surface area contributed by atoms with E-state index in [0.29, 0.717) is 6.54 Å². The molecule has 0 fully saturated rings. The van der Waals surface area contributed by atoms with Gasteiger partial charge in [0.1, 0.15) is 12.6 Å². The van der Waals surface area contributed by atoms with Gasteiger partial charge in [-0.25, -0.2) is 9.59 Å². The summed E-state index contributed by atoms with van der Waals surface area (Å²) in [7, 11) is 0. The Hall–Kier alpha value is -1.79. The van der Waals surface area contributed by atoms with Crippen LogP contribution in [0, 0.1) is 11.8 Å². The van der Waals surface area contributed by atoms with E-state index in [-0.39, 0.29) is 18.4 Å². The zero-order chi connectivity index (χ0) is 15.2. The molecule has 0 aliphatic heterocycles. The summed E-state index contributed by atoms with van der Waals surface area (Å²) in [6.07, 6.45) is 0. The molecular weight excluding hydrogens is 250 g/mol. The first-order valence-electron chi connectivity index (χ1n) is 6.21. The number of primary amides is 1. The Balaban J connectivity index is 4.78. The molecule has 0 unspecified atom stereocenters. The summed E-state index contributed by atoms with van der Waals surface area (Å²) in [5.41, 5.74) is 5.08. The van der Waals surface area contributed by atoms with Gasteiger partial charge in [-0.05, 0) is 11.8 Å². The number of nitrogens with two attached hydrogens (primary N) is 1. The lowest BCUT2D eigenvalue weighted by molar-refractivity contribution is -0.140. The van der Waals surface area contributed by atoms with Gasteiger partial charge < -0.3 is 21.1 Å². The van der Waals surface area contributed by atoms with E-state index >= 15 is 0 Å². The SMILES string of the molecule is CC(C)CN(CC(N)=O)C(=O)N[C@@H](C(=O)O)C(C)C. The van der Waals surface area contributed by atoms with Gasteiger partial charge in [0.25, 0.3) is 0 Å². The third-order valence-electron chi connectivity index (χ3n) is 2.43. The van der Waals surface area contributed by atoms with Crippen molar-refractivity contribution in [2.24, 2.45) is 17.6 Å². The normalized spacial score (nSPS) is 12.3. The number of carbonyl (C=O) groups is 3. The molecule has 0 aromatic rings. The molecular formula is C12H23N3O4. The van der Waals surface area contributed by atoms with Gasteiger partial charge >= 0.3 is 12.0 Å². The highest BCUT2D eigenvalue weighted by Crippen LogP contribution is 2.05. The van der Waals surface area contributed by atoms with Gasteiger partial charge in [-0.2, -0.15) is 0 Å². The number of hydrogen-bond donors (Lipinski definition) is 3. The zero-order valence-electron chi connectivity index (χ0n) is 11.8. The van der Waals surface area contributed by atoms with Crippen molar-refractivity contribution in [3.05, 3.63) is 0 Å². The molecule has 0 saturated heterocycles. The van der Waals surface area contributed by atoms with E-state index in [2.05, 4.69) is 5.32 Å². The standard InChI is InChI=1S/C12H23N3O4/c1-7(2)5-15(6-9(13)16)12(19)14-10(8(3)4)11(17)18/h7-8,10H,5-6H2,1-4H3,(H2,13,16)(H,14,19)(H,17,18)/t10-/m1/s1. The number of aliphatic carboxylic acids is 1. The fraction of sp³-hybridized carbons (Fsp3) is 0.750. The Morgan fingerprint density at radius 3 is 2.05 bits per heavy atom. The van der Waals surface area contributed by atoms with Crippen LogP contribution in [-0.4, -0.2) is 47.0 Å². The molecule has 1 atom stereocenters. The van der Waals surface area contributed by atoms with E-state index in [4.69, 9.17) is 10.8 Å². The zero-order valence-corrected chi connectivity index (χ0v) is 11.8. The first kappa shape index (κ1) is 17.2. The van der Waals surface area contributed by atoms with Crippen LogP contribution in [0.15, 0.2) is 0 Å². The van der Waals surface area contributed by atoms with Crippen molar-refractivity contribution in [2.75, 3.05) is 13.1 Å². The molecule has 7 heteroatoms. The number of hydrogen-bond acceptors (Lipinski definition) is 3. The van der Waals surface area contributed by atoms with Crippen LogP contribution in [0.2, 0.25) is 0 Å². The average molecular weight is 273 g/mol. The average Bonchev–Trinajstić information content (AvgIpc) is 2.22. The number of amides is 3. The maximum atomic E-state index is 12.0. The van der Waals surface area contributed by atoms with E-state index < -0.39 is 23.9 Å². The molecule has 0 bridgehead atoms. The predicted molar refractivity (Wildman–Crippen MR) is 70.4 cm³/mol. The number of carboxylic acid groups (broad SMARTS) is 1. The number of rotatable bonds is 7. The van der Waals surface area contributed by atoms with E-state index in [1.54, 1.807) is 13.8 Å². The minimum Gasteiger partial charge on any atom is -0.480 e. The summed E-state index contributed by atoms with van der Waals surface area (Å²) < 4.78 is 0. The quantitative estimate of drug-likeness (QED) is 0.617. The molecule has 0 heterocycles. The topological polar surface area (TPSA) is 113 Å². The Labute approximate surface area is 113 Å². The fourth-order valence-corrected chi connectivity index (χ4v) is 1.59. The number of urea groups is 1. The summed E-state index contributed by atoms with van der Waals surface area (Å²) in [6.45, 7) is 7.27. The molecule has 0 aliphatic carbocycles. The number of nitrogens with one attached hydrogen (secondary N) is 1. The van der Waals surface area contributed by atoms with Gasteiger partial charge in [0, 0.05) is 6.54 Å². The van der Waals surface area contributed by atoms with Crippen molar-refractivity contribution >= 4 is 17.9 Å². The minimum absolute atomic E-state index is 0.146. The monoisotopic (exact) mass is 273 g/mol. The highest BCUT2D eigenvalue weighted by molar-refractivity contribution is 5.86. The number of carboxylic acids is 1. The first-order chi connectivity index (χ1) is 8.65. The second-order valence-electron chi connectivity index (χ2n) is 5.25. The van der Waals surface area contributed by atoms with E-state index in [9.17, 15) is 14.4 Å². The van der Waals surface area contributed by atoms with E-state index in [1.165, 1.54) is 4.90 Å². The Kier molecular flexibility index (Phi) is 6.89. The fourth-order valence-electron chi connectivity index (χ4n) is 1.59. The van der Waals surface area contributed by atoms with E-state index in [0.717, 1.165) is 0 Å². The Morgan fingerprint density at radius 1 is 1.21 bits per heavy atom. The summed E-state index contributed by atoms with van der Waals surface area (Å²) in [4.78, 5) is 35.2. The highest BCUT2D eigenvalue weighted by Gasteiger charge is 2.26. The van der Waals surface area contributed by atoms with E-state index in [1.807, 2.05) is 13.8 Å².